The monoisotopic (exact) mass is 230 g/mol. The van der Waals surface area contributed by atoms with Crippen LogP contribution >= 0.6 is 0 Å². The third-order valence-corrected chi connectivity index (χ3v) is 2.67. The van der Waals surface area contributed by atoms with E-state index in [-0.39, 0.29) is 12.0 Å². The Kier molecular flexibility index (Phi) is 6.37. The fourth-order valence-electron chi connectivity index (χ4n) is 1.70. The van der Waals surface area contributed by atoms with Gasteiger partial charge in [-0.2, -0.15) is 0 Å². The number of nitrogens with two attached hydrogens (primary N) is 1. The molecule has 1 heterocycles. The van der Waals surface area contributed by atoms with Crippen molar-refractivity contribution in [3.63, 3.8) is 0 Å². The molecule has 2 unspecified atom stereocenters. The maximum atomic E-state index is 11.6. The number of amides is 1. The summed E-state index contributed by atoms with van der Waals surface area (Å²) in [6.07, 6.45) is 1.52. The van der Waals surface area contributed by atoms with Crippen molar-refractivity contribution in [3.05, 3.63) is 0 Å². The molecule has 0 aromatic heterocycles. The van der Waals surface area contributed by atoms with Gasteiger partial charge < -0.3 is 20.5 Å². The highest BCUT2D eigenvalue weighted by atomic mass is 16.5. The Labute approximate surface area is 96.7 Å². The predicted octanol–water partition coefficient (Wildman–Crippen LogP) is -0.107. The van der Waals surface area contributed by atoms with Gasteiger partial charge in [0.05, 0.1) is 6.61 Å². The molecule has 0 aliphatic carbocycles. The molecule has 0 aromatic carbocycles. The highest BCUT2D eigenvalue weighted by Gasteiger charge is 2.30. The van der Waals surface area contributed by atoms with Gasteiger partial charge in [0.1, 0.15) is 6.10 Å². The Hall–Kier alpha value is -0.650. The molecule has 1 amide bonds. The zero-order valence-corrected chi connectivity index (χ0v) is 9.91. The zero-order chi connectivity index (χ0) is 11.8. The van der Waals surface area contributed by atoms with Crippen molar-refractivity contribution >= 4 is 5.91 Å². The quantitative estimate of drug-likeness (QED) is 0.599. The number of carbonyl (C=O) groups excluding carboxylic acids is 1. The molecule has 2 atom stereocenters. The van der Waals surface area contributed by atoms with Crippen molar-refractivity contribution in [2.45, 2.75) is 25.9 Å². The van der Waals surface area contributed by atoms with E-state index in [1.54, 1.807) is 0 Å². The lowest BCUT2D eigenvalue weighted by Crippen LogP contribution is -2.37. The number of hydrogen-bond acceptors (Lipinski definition) is 4. The molecule has 5 heteroatoms. The van der Waals surface area contributed by atoms with Gasteiger partial charge in [0.15, 0.2) is 0 Å². The summed E-state index contributed by atoms with van der Waals surface area (Å²) in [6.45, 7) is 5.13. The maximum Gasteiger partial charge on any atom is 0.249 e. The molecule has 0 bridgehead atoms. The van der Waals surface area contributed by atoms with Gasteiger partial charge in [-0.1, -0.05) is 6.92 Å². The van der Waals surface area contributed by atoms with Gasteiger partial charge in [0, 0.05) is 26.3 Å². The Morgan fingerprint density at radius 1 is 1.56 bits per heavy atom. The number of rotatable bonds is 7. The SMILES string of the molecule is CC1CCOC1C(=O)NCCCOCCN. The normalized spacial score (nSPS) is 24.6. The lowest BCUT2D eigenvalue weighted by molar-refractivity contribution is -0.131. The van der Waals surface area contributed by atoms with Gasteiger partial charge in [-0.15, -0.1) is 0 Å². The number of hydrogen-bond donors (Lipinski definition) is 2. The fraction of sp³-hybridized carbons (Fsp3) is 0.909. The van der Waals surface area contributed by atoms with Crippen LogP contribution in [0.4, 0.5) is 0 Å². The van der Waals surface area contributed by atoms with Crippen molar-refractivity contribution in [1.29, 1.82) is 0 Å². The first-order valence-electron chi connectivity index (χ1n) is 5.93. The molecule has 1 aliphatic rings. The van der Waals surface area contributed by atoms with Crippen LogP contribution in [-0.2, 0) is 14.3 Å². The number of ether oxygens (including phenoxy) is 2. The molecule has 1 aliphatic heterocycles. The summed E-state index contributed by atoms with van der Waals surface area (Å²) >= 11 is 0. The van der Waals surface area contributed by atoms with E-state index in [0.29, 0.717) is 38.8 Å². The summed E-state index contributed by atoms with van der Waals surface area (Å²) in [5.74, 6) is 0.331. The second kappa shape index (κ2) is 7.60. The number of carbonyl (C=O) groups is 1. The predicted molar refractivity (Wildman–Crippen MR) is 61.0 cm³/mol. The molecule has 0 radical (unpaired) electrons. The minimum absolute atomic E-state index is 0.00354. The first-order valence-corrected chi connectivity index (χ1v) is 5.93. The molecule has 3 N–H and O–H groups in total. The largest absolute Gasteiger partial charge is 0.380 e. The topological polar surface area (TPSA) is 73.6 Å². The third kappa shape index (κ3) is 4.47. The summed E-state index contributed by atoms with van der Waals surface area (Å²) in [5.41, 5.74) is 5.28. The molecule has 94 valence electrons. The summed E-state index contributed by atoms with van der Waals surface area (Å²) < 4.78 is 10.6. The van der Waals surface area contributed by atoms with E-state index in [1.807, 2.05) is 6.92 Å². The fourth-order valence-corrected chi connectivity index (χ4v) is 1.70. The van der Waals surface area contributed by atoms with Gasteiger partial charge in [-0.05, 0) is 18.8 Å². The molecule has 0 spiro atoms. The van der Waals surface area contributed by atoms with Crippen LogP contribution < -0.4 is 11.1 Å². The van der Waals surface area contributed by atoms with Crippen LogP contribution in [0, 0.1) is 5.92 Å². The van der Waals surface area contributed by atoms with E-state index in [2.05, 4.69) is 5.32 Å². The molecule has 1 saturated heterocycles. The summed E-state index contributed by atoms with van der Waals surface area (Å²) in [7, 11) is 0. The lowest BCUT2D eigenvalue weighted by atomic mass is 10.0. The molecule has 1 fully saturated rings. The third-order valence-electron chi connectivity index (χ3n) is 2.67. The molecule has 0 aromatic rings. The van der Waals surface area contributed by atoms with Gasteiger partial charge in [0.25, 0.3) is 0 Å². The van der Waals surface area contributed by atoms with E-state index >= 15 is 0 Å². The van der Waals surface area contributed by atoms with Crippen LogP contribution in [0.1, 0.15) is 19.8 Å². The van der Waals surface area contributed by atoms with E-state index < -0.39 is 0 Å². The average Bonchev–Trinajstić information content (AvgIpc) is 2.69. The summed E-state index contributed by atoms with van der Waals surface area (Å²) in [5, 5.41) is 2.86. The van der Waals surface area contributed by atoms with Crippen LogP contribution in [0.25, 0.3) is 0 Å². The van der Waals surface area contributed by atoms with Crippen LogP contribution in [0.15, 0.2) is 0 Å². The second-order valence-electron chi connectivity index (χ2n) is 4.10. The van der Waals surface area contributed by atoms with E-state index in [1.165, 1.54) is 0 Å². The van der Waals surface area contributed by atoms with Crippen molar-refractivity contribution in [2.75, 3.05) is 32.9 Å². The van der Waals surface area contributed by atoms with Gasteiger partial charge in [-0.3, -0.25) is 4.79 Å². The van der Waals surface area contributed by atoms with Gasteiger partial charge in [-0.25, -0.2) is 0 Å². The van der Waals surface area contributed by atoms with Gasteiger partial charge in [0.2, 0.25) is 5.91 Å². The van der Waals surface area contributed by atoms with Crippen molar-refractivity contribution in [2.24, 2.45) is 11.7 Å². The molecular weight excluding hydrogens is 208 g/mol. The first kappa shape index (κ1) is 13.4. The van der Waals surface area contributed by atoms with Crippen LogP contribution in [0.2, 0.25) is 0 Å². The minimum Gasteiger partial charge on any atom is -0.380 e. The van der Waals surface area contributed by atoms with E-state index in [9.17, 15) is 4.79 Å². The van der Waals surface area contributed by atoms with Crippen molar-refractivity contribution < 1.29 is 14.3 Å². The molecular formula is C11H22N2O3. The molecule has 16 heavy (non-hydrogen) atoms. The smallest absolute Gasteiger partial charge is 0.249 e. The molecule has 0 saturated carbocycles. The Bertz CT molecular complexity index is 211. The number of nitrogens with one attached hydrogen (secondary N) is 1. The van der Waals surface area contributed by atoms with Crippen LogP contribution in [0.3, 0.4) is 0 Å². The molecule has 5 nitrogen and oxygen atoms in total. The average molecular weight is 230 g/mol. The Morgan fingerprint density at radius 3 is 3.00 bits per heavy atom. The summed E-state index contributed by atoms with van der Waals surface area (Å²) in [6, 6.07) is 0. The van der Waals surface area contributed by atoms with Gasteiger partial charge >= 0.3 is 0 Å². The molecule has 1 rings (SSSR count). The Balaban J connectivity index is 2.02. The standard InChI is InChI=1S/C11H22N2O3/c1-9-3-7-16-10(9)11(14)13-5-2-6-15-8-4-12/h9-10H,2-8,12H2,1H3,(H,13,14). The second-order valence-corrected chi connectivity index (χ2v) is 4.10. The highest BCUT2D eigenvalue weighted by molar-refractivity contribution is 5.81. The first-order chi connectivity index (χ1) is 7.75. The maximum absolute atomic E-state index is 11.6. The van der Waals surface area contributed by atoms with Crippen LogP contribution in [0.5, 0.6) is 0 Å². The minimum atomic E-state index is -0.259. The zero-order valence-electron chi connectivity index (χ0n) is 9.91. The van der Waals surface area contributed by atoms with E-state index in [0.717, 1.165) is 12.8 Å². The Morgan fingerprint density at radius 2 is 2.38 bits per heavy atom. The van der Waals surface area contributed by atoms with Crippen molar-refractivity contribution in [3.8, 4) is 0 Å². The summed E-state index contributed by atoms with van der Waals surface area (Å²) in [4.78, 5) is 11.6. The van der Waals surface area contributed by atoms with E-state index in [4.69, 9.17) is 15.2 Å². The van der Waals surface area contributed by atoms with Crippen molar-refractivity contribution in [1.82, 2.24) is 5.32 Å². The van der Waals surface area contributed by atoms with Crippen LogP contribution in [-0.4, -0.2) is 44.9 Å². The highest BCUT2D eigenvalue weighted by Crippen LogP contribution is 2.19. The lowest BCUT2D eigenvalue weighted by Gasteiger charge is -2.14.